The van der Waals surface area contributed by atoms with Crippen molar-refractivity contribution in [2.45, 2.75) is 57.2 Å². The first-order valence-electron chi connectivity index (χ1n) is 16.3. The molecule has 0 radical (unpaired) electrons. The van der Waals surface area contributed by atoms with Gasteiger partial charge in [-0.25, -0.2) is 13.2 Å². The highest BCUT2D eigenvalue weighted by Gasteiger charge is 2.40. The van der Waals surface area contributed by atoms with E-state index < -0.39 is 47.7 Å². The number of rotatable bonds is 8. The molecular formula is C27H36N2O6S. The Kier molecular flexibility index (Phi) is 5.27. The number of amides is 1. The number of ether oxygens (including phenoxy) is 2. The van der Waals surface area contributed by atoms with Gasteiger partial charge in [0.25, 0.3) is 0 Å². The molecule has 2 aliphatic heterocycles. The van der Waals surface area contributed by atoms with Crippen LogP contribution < -0.4 is 4.74 Å². The molecule has 1 aromatic heterocycles. The predicted octanol–water partition coefficient (Wildman–Crippen LogP) is 4.00. The molecule has 3 heterocycles. The van der Waals surface area contributed by atoms with E-state index in [2.05, 4.69) is 4.98 Å². The van der Waals surface area contributed by atoms with E-state index in [0.29, 0.717) is 42.7 Å². The molecule has 4 rings (SSSR count). The quantitative estimate of drug-likeness (QED) is 0.555. The number of pyridine rings is 1. The summed E-state index contributed by atoms with van der Waals surface area (Å²) >= 11 is 0. The van der Waals surface area contributed by atoms with Crippen molar-refractivity contribution in [2.24, 2.45) is 5.89 Å². The number of likely N-dealkylation sites (tertiary alicyclic amines) is 1. The van der Waals surface area contributed by atoms with Gasteiger partial charge >= 0.3 is 6.09 Å². The molecule has 8 nitrogen and oxygen atoms in total. The van der Waals surface area contributed by atoms with Gasteiger partial charge in [0, 0.05) is 53.9 Å². The summed E-state index contributed by atoms with van der Waals surface area (Å²) in [4.78, 5) is 18.4. The van der Waals surface area contributed by atoms with Crippen molar-refractivity contribution in [1.29, 1.82) is 0 Å². The molecule has 1 fully saturated rings. The molecule has 1 saturated heterocycles. The molecular weight excluding hydrogens is 480 g/mol. The number of aliphatic hydroxyl groups is 1. The summed E-state index contributed by atoms with van der Waals surface area (Å²) in [6.45, 7) is -10.9. The number of hydrogen-bond acceptors (Lipinski definition) is 7. The first-order chi connectivity index (χ1) is 20.7. The van der Waals surface area contributed by atoms with Crippen LogP contribution in [0.15, 0.2) is 36.5 Å². The van der Waals surface area contributed by atoms with E-state index in [4.69, 9.17) is 26.9 Å². The van der Waals surface area contributed by atoms with Crippen LogP contribution in [0.3, 0.4) is 0 Å². The van der Waals surface area contributed by atoms with E-state index >= 15 is 0 Å². The number of benzene rings is 1. The zero-order valence-corrected chi connectivity index (χ0v) is 20.6. The zero-order chi connectivity index (χ0) is 33.5. The van der Waals surface area contributed by atoms with Crippen LogP contribution in [-0.4, -0.2) is 67.1 Å². The highest BCUT2D eigenvalue weighted by Crippen LogP contribution is 2.40. The van der Waals surface area contributed by atoms with Gasteiger partial charge in [0.15, 0.2) is 9.84 Å². The standard InChI is InChI=1S/C27H36N2O6S/c1-20(2)18-34-26(31)29-12-10-27(11-13-29)9-8-23-16-22(5-7-25(23)35-27)24-6-4-21(17-28-24)19-36(32,33)15-3-14-30/h4-7,16-17,20,30H,3,8-15,18-19H2,1-2H3/i1D3,2D3,18D2,20D. The Hall–Kier alpha value is -2.65. The Morgan fingerprint density at radius 2 is 2.11 bits per heavy atom. The predicted molar refractivity (Wildman–Crippen MR) is 138 cm³/mol. The lowest BCUT2D eigenvalue weighted by Crippen LogP contribution is -2.51. The van der Waals surface area contributed by atoms with Crippen molar-refractivity contribution in [3.63, 3.8) is 0 Å². The third kappa shape index (κ3) is 6.56. The molecule has 0 atom stereocenters. The van der Waals surface area contributed by atoms with Crippen molar-refractivity contribution in [3.8, 4) is 17.0 Å². The van der Waals surface area contributed by atoms with Gasteiger partial charge in [-0.1, -0.05) is 19.8 Å². The summed E-state index contributed by atoms with van der Waals surface area (Å²) in [5, 5.41) is 8.89. The zero-order valence-electron chi connectivity index (χ0n) is 28.8. The van der Waals surface area contributed by atoms with Gasteiger partial charge in [0.1, 0.15) is 11.4 Å². The van der Waals surface area contributed by atoms with Gasteiger partial charge in [-0.05, 0) is 60.5 Å². The minimum atomic E-state index is -3.70. The van der Waals surface area contributed by atoms with Crippen molar-refractivity contribution < 1.29 is 40.1 Å². The molecule has 0 aliphatic carbocycles. The minimum Gasteiger partial charge on any atom is -0.487 e. The second-order valence-corrected chi connectivity index (χ2v) is 11.3. The Morgan fingerprint density at radius 1 is 1.31 bits per heavy atom. The molecule has 0 bridgehead atoms. The molecule has 1 N–H and O–H groups in total. The van der Waals surface area contributed by atoms with Gasteiger partial charge in [0.05, 0.1) is 26.5 Å². The largest absolute Gasteiger partial charge is 0.487 e. The summed E-state index contributed by atoms with van der Waals surface area (Å²) in [6, 6.07) is 9.09. The Labute approximate surface area is 226 Å². The molecule has 1 aromatic carbocycles. The van der Waals surface area contributed by atoms with Crippen LogP contribution in [0.1, 0.15) is 62.9 Å². The average Bonchev–Trinajstić information content (AvgIpc) is 2.94. The fraction of sp³-hybridized carbons (Fsp3) is 0.556. The second-order valence-electron chi connectivity index (χ2n) is 9.16. The van der Waals surface area contributed by atoms with E-state index in [-0.39, 0.29) is 37.6 Å². The third-order valence-corrected chi connectivity index (χ3v) is 8.21. The maximum atomic E-state index is 12.8. The highest BCUT2D eigenvalue weighted by molar-refractivity contribution is 7.90. The smallest absolute Gasteiger partial charge is 0.409 e. The van der Waals surface area contributed by atoms with Gasteiger partial charge in [-0.3, -0.25) is 4.98 Å². The van der Waals surface area contributed by atoms with Crippen LogP contribution in [0.4, 0.5) is 4.79 Å². The number of aliphatic hydroxyl groups excluding tert-OH is 1. The Morgan fingerprint density at radius 3 is 2.81 bits per heavy atom. The number of nitrogens with zero attached hydrogens (tertiary/aromatic N) is 2. The molecule has 1 amide bonds. The number of aromatic nitrogens is 1. The second kappa shape index (κ2) is 11.2. The number of hydrogen-bond donors (Lipinski definition) is 1. The maximum Gasteiger partial charge on any atom is 0.409 e. The summed E-state index contributed by atoms with van der Waals surface area (Å²) in [7, 11) is -3.34. The van der Waals surface area contributed by atoms with E-state index in [1.807, 2.05) is 18.2 Å². The molecule has 9 heteroatoms. The van der Waals surface area contributed by atoms with Crippen LogP contribution in [0.2, 0.25) is 0 Å². The molecule has 2 aromatic rings. The fourth-order valence-corrected chi connectivity index (χ4v) is 5.97. The SMILES string of the molecule is [2H]C([2H])([2H])C([2H])(C([2H])([2H])[2H])C([2H])([2H])OC(=O)N1CCC2(CCc3cc(-c4ccc(CS(=O)(=O)CCCO)cn4)ccc3O2)CC1. The lowest BCUT2D eigenvalue weighted by molar-refractivity contribution is -0.0152. The number of piperidine rings is 1. The van der Waals surface area contributed by atoms with Crippen molar-refractivity contribution >= 4 is 15.9 Å². The van der Waals surface area contributed by atoms with Crippen LogP contribution in [0, 0.1) is 5.89 Å². The first kappa shape index (κ1) is 17.0. The van der Waals surface area contributed by atoms with Crippen LogP contribution in [-0.2, 0) is 26.7 Å². The molecule has 0 unspecified atom stereocenters. The number of fused-ring (bicyclic) bond motifs is 1. The molecule has 1 spiro atoms. The highest BCUT2D eigenvalue weighted by atomic mass is 32.2. The number of sulfone groups is 1. The van der Waals surface area contributed by atoms with Gasteiger partial charge < -0.3 is 19.5 Å². The number of carbonyl (C=O) groups excluding carboxylic acids is 1. The topological polar surface area (TPSA) is 106 Å². The van der Waals surface area contributed by atoms with Gasteiger partial charge in [0.2, 0.25) is 0 Å². The minimum absolute atomic E-state index is 0.0842. The number of aryl methyl sites for hydroxylation is 1. The summed E-state index contributed by atoms with van der Waals surface area (Å²) in [6.07, 6.45) is 2.47. The maximum absolute atomic E-state index is 12.8. The van der Waals surface area contributed by atoms with E-state index in [1.54, 1.807) is 12.1 Å². The van der Waals surface area contributed by atoms with Gasteiger partial charge in [-0.15, -0.1) is 0 Å². The van der Waals surface area contributed by atoms with Crippen molar-refractivity contribution in [3.05, 3.63) is 47.7 Å². The molecule has 2 aliphatic rings. The van der Waals surface area contributed by atoms with Crippen LogP contribution >= 0.6 is 0 Å². The van der Waals surface area contributed by atoms with Crippen molar-refractivity contribution in [1.82, 2.24) is 9.88 Å². The third-order valence-electron chi connectivity index (χ3n) is 6.53. The Bertz CT molecular complexity index is 1480. The Balaban J connectivity index is 1.38. The first-order valence-corrected chi connectivity index (χ1v) is 13.6. The summed E-state index contributed by atoms with van der Waals surface area (Å²) in [5.74, 6) is -3.28. The average molecular weight is 526 g/mol. The molecule has 0 saturated carbocycles. The molecule has 36 heavy (non-hydrogen) atoms. The van der Waals surface area contributed by atoms with Gasteiger partial charge in [-0.2, -0.15) is 0 Å². The lowest BCUT2D eigenvalue weighted by atomic mass is 9.83. The summed E-state index contributed by atoms with van der Waals surface area (Å²) < 4.78 is 104. The molecule has 196 valence electrons. The van der Waals surface area contributed by atoms with E-state index in [1.165, 1.54) is 6.20 Å². The van der Waals surface area contributed by atoms with Crippen LogP contribution in [0.5, 0.6) is 5.75 Å². The fourth-order valence-electron chi connectivity index (χ4n) is 4.58. The summed E-state index contributed by atoms with van der Waals surface area (Å²) in [5.41, 5.74) is 2.39. The number of carbonyl (C=O) groups is 1. The normalized spacial score (nSPS) is 22.1. The van der Waals surface area contributed by atoms with Crippen molar-refractivity contribution in [2.75, 3.05) is 32.0 Å². The van der Waals surface area contributed by atoms with E-state index in [9.17, 15) is 13.2 Å². The monoisotopic (exact) mass is 525 g/mol. The van der Waals surface area contributed by atoms with Crippen LogP contribution in [0.25, 0.3) is 11.3 Å². The lowest BCUT2D eigenvalue weighted by Gasteiger charge is -2.44. The van der Waals surface area contributed by atoms with E-state index in [0.717, 1.165) is 16.0 Å².